The Kier molecular flexibility index (Phi) is 4.72. The first-order chi connectivity index (χ1) is 9.38. The predicted octanol–water partition coefficient (Wildman–Crippen LogP) is 1.76. The second kappa shape index (κ2) is 6.15. The van der Waals surface area contributed by atoms with Crippen LogP contribution in [0.5, 0.6) is 0 Å². The minimum Gasteiger partial charge on any atom is -0.328 e. The second-order valence-corrected chi connectivity index (χ2v) is 6.95. The summed E-state index contributed by atoms with van der Waals surface area (Å²) in [5.74, 6) is -1.60. The van der Waals surface area contributed by atoms with Crippen molar-refractivity contribution in [1.82, 2.24) is 4.72 Å². The Balaban J connectivity index is 2.05. The third-order valence-corrected chi connectivity index (χ3v) is 5.01. The predicted molar refractivity (Wildman–Crippen MR) is 71.5 cm³/mol. The fraction of sp³-hybridized carbons (Fsp3) is 0.538. The molecular weight excluding hydrogens is 286 g/mol. The van der Waals surface area contributed by atoms with Gasteiger partial charge in [0.2, 0.25) is 10.0 Å². The van der Waals surface area contributed by atoms with Crippen LogP contribution in [0.3, 0.4) is 0 Å². The lowest BCUT2D eigenvalue weighted by Gasteiger charge is -2.26. The molecule has 0 heterocycles. The molecule has 1 saturated carbocycles. The van der Waals surface area contributed by atoms with E-state index in [1.165, 1.54) is 0 Å². The summed E-state index contributed by atoms with van der Waals surface area (Å²) in [7, 11) is -4.04. The van der Waals surface area contributed by atoms with E-state index >= 15 is 0 Å². The summed E-state index contributed by atoms with van der Waals surface area (Å²) in [5, 5.41) is 0. The van der Waals surface area contributed by atoms with E-state index < -0.39 is 26.6 Å². The minimum atomic E-state index is -4.04. The van der Waals surface area contributed by atoms with Gasteiger partial charge in [-0.3, -0.25) is 0 Å². The number of halogens is 2. The zero-order valence-electron chi connectivity index (χ0n) is 11.0. The molecule has 0 amide bonds. The van der Waals surface area contributed by atoms with E-state index in [-0.39, 0.29) is 18.5 Å². The van der Waals surface area contributed by atoms with Crippen molar-refractivity contribution in [1.29, 1.82) is 0 Å². The lowest BCUT2D eigenvalue weighted by Crippen LogP contribution is -2.35. The highest BCUT2D eigenvalue weighted by atomic mass is 32.2. The molecule has 1 aliphatic rings. The van der Waals surface area contributed by atoms with Crippen molar-refractivity contribution in [2.75, 3.05) is 6.54 Å². The van der Waals surface area contributed by atoms with Crippen LogP contribution in [0.4, 0.5) is 8.78 Å². The molecule has 7 heteroatoms. The Labute approximate surface area is 117 Å². The van der Waals surface area contributed by atoms with Crippen molar-refractivity contribution in [2.24, 2.45) is 11.7 Å². The zero-order valence-corrected chi connectivity index (χ0v) is 11.8. The van der Waals surface area contributed by atoms with Crippen molar-refractivity contribution < 1.29 is 17.2 Å². The van der Waals surface area contributed by atoms with E-state index in [9.17, 15) is 17.2 Å². The highest BCUT2D eigenvalue weighted by Crippen LogP contribution is 2.23. The van der Waals surface area contributed by atoms with Crippen molar-refractivity contribution in [2.45, 2.75) is 36.6 Å². The van der Waals surface area contributed by atoms with Crippen LogP contribution in [0, 0.1) is 17.6 Å². The summed E-state index contributed by atoms with van der Waals surface area (Å²) >= 11 is 0. The van der Waals surface area contributed by atoms with Crippen LogP contribution in [0.15, 0.2) is 23.1 Å². The summed E-state index contributed by atoms with van der Waals surface area (Å²) in [5.41, 5.74) is 5.83. The molecule has 4 nitrogen and oxygen atoms in total. The van der Waals surface area contributed by atoms with Gasteiger partial charge in [-0.1, -0.05) is 6.42 Å². The lowest BCUT2D eigenvalue weighted by molar-refractivity contribution is 0.322. The maximum Gasteiger partial charge on any atom is 0.243 e. The van der Waals surface area contributed by atoms with Gasteiger partial charge in [0.05, 0.1) is 0 Å². The van der Waals surface area contributed by atoms with Crippen LogP contribution in [-0.4, -0.2) is 21.0 Å². The van der Waals surface area contributed by atoms with Crippen LogP contribution in [0.25, 0.3) is 0 Å². The molecule has 1 aliphatic carbocycles. The van der Waals surface area contributed by atoms with Gasteiger partial charge >= 0.3 is 0 Å². The van der Waals surface area contributed by atoms with Gasteiger partial charge < -0.3 is 5.73 Å². The number of nitrogens with two attached hydrogens (primary N) is 1. The quantitative estimate of drug-likeness (QED) is 0.890. The molecule has 1 fully saturated rings. The van der Waals surface area contributed by atoms with Gasteiger partial charge in [-0.2, -0.15) is 0 Å². The molecular formula is C13H18F2N2O2S. The van der Waals surface area contributed by atoms with Crippen molar-refractivity contribution in [3.8, 4) is 0 Å². The average molecular weight is 304 g/mol. The third-order valence-electron chi connectivity index (χ3n) is 3.57. The molecule has 2 rings (SSSR count). The smallest absolute Gasteiger partial charge is 0.243 e. The molecule has 20 heavy (non-hydrogen) atoms. The van der Waals surface area contributed by atoms with Gasteiger partial charge in [-0.25, -0.2) is 21.9 Å². The molecule has 0 aromatic heterocycles. The van der Waals surface area contributed by atoms with E-state index in [2.05, 4.69) is 4.72 Å². The van der Waals surface area contributed by atoms with Crippen molar-refractivity contribution in [3.05, 3.63) is 29.8 Å². The summed E-state index contributed by atoms with van der Waals surface area (Å²) in [6.45, 7) is 0.200. The molecule has 2 atom stereocenters. The standard InChI is InChI=1S/C13H18F2N2O2S/c14-10-4-5-12(15)13(7-10)20(18,19)17-8-9-2-1-3-11(16)6-9/h4-5,7,9,11,17H,1-3,6,8,16H2. The first-order valence-corrected chi connectivity index (χ1v) is 8.07. The Morgan fingerprint density at radius 3 is 2.75 bits per heavy atom. The molecule has 0 saturated heterocycles. The molecule has 0 spiro atoms. The minimum absolute atomic E-state index is 0.0872. The van der Waals surface area contributed by atoms with E-state index in [1.54, 1.807) is 0 Å². The van der Waals surface area contributed by atoms with Crippen LogP contribution >= 0.6 is 0 Å². The van der Waals surface area contributed by atoms with Crippen LogP contribution < -0.4 is 10.5 Å². The second-order valence-electron chi connectivity index (χ2n) is 5.22. The Morgan fingerprint density at radius 2 is 2.05 bits per heavy atom. The molecule has 3 N–H and O–H groups in total. The number of nitrogens with one attached hydrogen (secondary N) is 1. The third kappa shape index (κ3) is 3.74. The summed E-state index contributed by atoms with van der Waals surface area (Å²) < 4.78 is 52.8. The Morgan fingerprint density at radius 1 is 1.30 bits per heavy atom. The first kappa shape index (κ1) is 15.3. The maximum absolute atomic E-state index is 13.5. The molecule has 1 aromatic carbocycles. The van der Waals surface area contributed by atoms with Crippen molar-refractivity contribution in [3.63, 3.8) is 0 Å². The van der Waals surface area contributed by atoms with Gasteiger partial charge in [-0.15, -0.1) is 0 Å². The maximum atomic E-state index is 13.5. The highest BCUT2D eigenvalue weighted by Gasteiger charge is 2.24. The molecule has 112 valence electrons. The Hall–Kier alpha value is -1.05. The van der Waals surface area contributed by atoms with Crippen LogP contribution in [0.1, 0.15) is 25.7 Å². The lowest BCUT2D eigenvalue weighted by atomic mass is 9.86. The van der Waals surface area contributed by atoms with Crippen LogP contribution in [-0.2, 0) is 10.0 Å². The average Bonchev–Trinajstić information content (AvgIpc) is 2.39. The zero-order chi connectivity index (χ0) is 14.8. The number of hydrogen-bond donors (Lipinski definition) is 2. The fourth-order valence-electron chi connectivity index (χ4n) is 2.51. The first-order valence-electron chi connectivity index (χ1n) is 6.59. The van der Waals surface area contributed by atoms with Gasteiger partial charge in [0.1, 0.15) is 16.5 Å². The molecule has 0 aliphatic heterocycles. The number of rotatable bonds is 4. The largest absolute Gasteiger partial charge is 0.328 e. The van der Waals surface area contributed by atoms with E-state index in [0.29, 0.717) is 6.07 Å². The normalized spacial score (nSPS) is 23.8. The molecule has 0 bridgehead atoms. The topological polar surface area (TPSA) is 72.2 Å². The van der Waals surface area contributed by atoms with E-state index in [4.69, 9.17) is 5.73 Å². The monoisotopic (exact) mass is 304 g/mol. The number of sulfonamides is 1. The SMILES string of the molecule is NC1CCCC(CNS(=O)(=O)c2cc(F)ccc2F)C1. The van der Waals surface area contributed by atoms with E-state index in [0.717, 1.165) is 37.8 Å². The number of hydrogen-bond acceptors (Lipinski definition) is 3. The van der Waals surface area contributed by atoms with Gasteiger partial charge in [-0.05, 0) is 43.4 Å². The summed E-state index contributed by atoms with van der Waals surface area (Å²) in [6, 6.07) is 2.46. The molecule has 1 aromatic rings. The Bertz CT molecular complexity index is 578. The van der Waals surface area contributed by atoms with Gasteiger partial charge in [0, 0.05) is 12.6 Å². The van der Waals surface area contributed by atoms with E-state index in [1.807, 2.05) is 0 Å². The molecule has 2 unspecified atom stereocenters. The van der Waals surface area contributed by atoms with Crippen LogP contribution in [0.2, 0.25) is 0 Å². The molecule has 0 radical (unpaired) electrons. The van der Waals surface area contributed by atoms with Gasteiger partial charge in [0.25, 0.3) is 0 Å². The highest BCUT2D eigenvalue weighted by molar-refractivity contribution is 7.89. The van der Waals surface area contributed by atoms with Gasteiger partial charge in [0.15, 0.2) is 0 Å². The summed E-state index contributed by atoms with van der Waals surface area (Å²) in [4.78, 5) is -0.655. The number of benzene rings is 1. The fourth-order valence-corrected chi connectivity index (χ4v) is 3.71. The van der Waals surface area contributed by atoms with Crippen molar-refractivity contribution >= 4 is 10.0 Å². The summed E-state index contributed by atoms with van der Waals surface area (Å²) in [6.07, 6.45) is 3.54.